The molecule has 0 radical (unpaired) electrons. The van der Waals surface area contributed by atoms with Gasteiger partial charge in [-0.15, -0.1) is 0 Å². The lowest BCUT2D eigenvalue weighted by Crippen LogP contribution is -2.46. The zero-order chi connectivity index (χ0) is 23.4. The van der Waals surface area contributed by atoms with E-state index >= 15 is 0 Å². The number of hydrogen-bond donors (Lipinski definition) is 2. The topological polar surface area (TPSA) is 78.9 Å². The third kappa shape index (κ3) is 4.98. The molecule has 1 heterocycles. The number of nitrogens with one attached hydrogen (secondary N) is 1. The summed E-state index contributed by atoms with van der Waals surface area (Å²) in [5.74, 6) is -0.120. The number of aliphatic hydroxyl groups is 1. The Kier molecular flexibility index (Phi) is 6.88. The molecule has 1 fully saturated rings. The van der Waals surface area contributed by atoms with E-state index < -0.39 is 23.6 Å². The predicted octanol–water partition coefficient (Wildman–Crippen LogP) is 4.42. The quantitative estimate of drug-likeness (QED) is 0.463. The maximum atomic E-state index is 13.6. The highest BCUT2D eigenvalue weighted by molar-refractivity contribution is 6.34. The molecular formula is C25H22Cl2N2O4. The van der Waals surface area contributed by atoms with Crippen LogP contribution in [-0.4, -0.2) is 41.2 Å². The Morgan fingerprint density at radius 2 is 1.64 bits per heavy atom. The van der Waals surface area contributed by atoms with Gasteiger partial charge in [0.25, 0.3) is 5.91 Å². The molecule has 2 N–H and O–H groups in total. The molecule has 6 nitrogen and oxygen atoms in total. The van der Waals surface area contributed by atoms with E-state index in [-0.39, 0.29) is 19.6 Å². The Labute approximate surface area is 201 Å². The molecule has 2 atom stereocenters. The number of β-amino-alcohol motifs (C(OH)–C–C–N with tert-alkyl or cyclic N) is 1. The summed E-state index contributed by atoms with van der Waals surface area (Å²) in [5.41, 5.74) is 0.304. The van der Waals surface area contributed by atoms with E-state index in [1.807, 2.05) is 60.7 Å². The molecule has 0 aromatic heterocycles. The van der Waals surface area contributed by atoms with E-state index in [2.05, 4.69) is 5.32 Å². The lowest BCUT2D eigenvalue weighted by Gasteiger charge is -2.28. The summed E-state index contributed by atoms with van der Waals surface area (Å²) < 4.78 is 5.56. The third-order valence-corrected chi connectivity index (χ3v) is 6.02. The van der Waals surface area contributed by atoms with Crippen molar-refractivity contribution in [2.45, 2.75) is 18.1 Å². The number of halogens is 2. The number of aliphatic hydroxyl groups excluding tert-OH is 1. The first-order valence-corrected chi connectivity index (χ1v) is 11.1. The molecular weight excluding hydrogens is 463 g/mol. The molecule has 33 heavy (non-hydrogen) atoms. The monoisotopic (exact) mass is 484 g/mol. The average Bonchev–Trinajstić information content (AvgIpc) is 3.06. The number of urea groups is 1. The van der Waals surface area contributed by atoms with Crippen LogP contribution in [0.2, 0.25) is 10.0 Å². The lowest BCUT2D eigenvalue weighted by molar-refractivity contribution is -0.132. The highest BCUT2D eigenvalue weighted by Crippen LogP contribution is 2.33. The van der Waals surface area contributed by atoms with Gasteiger partial charge in [0.1, 0.15) is 18.5 Å². The van der Waals surface area contributed by atoms with Crippen molar-refractivity contribution in [3.8, 4) is 5.75 Å². The van der Waals surface area contributed by atoms with Crippen molar-refractivity contribution in [2.75, 3.05) is 13.2 Å². The molecule has 0 aliphatic carbocycles. The van der Waals surface area contributed by atoms with Crippen LogP contribution in [0.4, 0.5) is 4.79 Å². The second-order valence-electron chi connectivity index (χ2n) is 7.82. The standard InChI is InChI=1S/C25H22Cl2N2O4/c26-19-11-12-21(27)22(13-19)33-16-20(30)15-29-23(31)25(28-24(29)32,18-9-5-2-6-10-18)14-17-7-3-1-4-8-17/h1-13,20,30H,14-16H2,(H,28,32)/t20-,25-/m1/s1. The van der Waals surface area contributed by atoms with Gasteiger partial charge in [0.2, 0.25) is 0 Å². The van der Waals surface area contributed by atoms with Crippen LogP contribution < -0.4 is 10.1 Å². The van der Waals surface area contributed by atoms with Crippen molar-refractivity contribution in [1.29, 1.82) is 0 Å². The van der Waals surface area contributed by atoms with Crippen molar-refractivity contribution in [1.82, 2.24) is 10.2 Å². The molecule has 170 valence electrons. The van der Waals surface area contributed by atoms with Crippen LogP contribution in [0, 0.1) is 0 Å². The molecule has 0 saturated carbocycles. The van der Waals surface area contributed by atoms with Crippen molar-refractivity contribution in [2.24, 2.45) is 0 Å². The van der Waals surface area contributed by atoms with Gasteiger partial charge in [-0.3, -0.25) is 9.69 Å². The smallest absolute Gasteiger partial charge is 0.325 e. The van der Waals surface area contributed by atoms with Gasteiger partial charge in [0, 0.05) is 17.5 Å². The molecule has 0 unspecified atom stereocenters. The van der Waals surface area contributed by atoms with Gasteiger partial charge in [-0.1, -0.05) is 83.9 Å². The molecule has 4 rings (SSSR count). The second-order valence-corrected chi connectivity index (χ2v) is 8.66. The summed E-state index contributed by atoms with van der Waals surface area (Å²) in [6, 6.07) is 22.8. The zero-order valence-electron chi connectivity index (χ0n) is 17.6. The minimum absolute atomic E-state index is 0.172. The average molecular weight is 485 g/mol. The molecule has 1 aliphatic heterocycles. The van der Waals surface area contributed by atoms with Gasteiger partial charge in [-0.2, -0.15) is 0 Å². The van der Waals surface area contributed by atoms with E-state index in [4.69, 9.17) is 27.9 Å². The summed E-state index contributed by atoms with van der Waals surface area (Å²) in [4.78, 5) is 27.5. The number of benzene rings is 3. The van der Waals surface area contributed by atoms with Crippen molar-refractivity contribution in [3.63, 3.8) is 0 Å². The van der Waals surface area contributed by atoms with Crippen LogP contribution in [0.5, 0.6) is 5.75 Å². The number of carbonyl (C=O) groups is 2. The molecule has 0 spiro atoms. The second kappa shape index (κ2) is 9.83. The number of hydrogen-bond acceptors (Lipinski definition) is 4. The maximum absolute atomic E-state index is 13.6. The van der Waals surface area contributed by atoms with Crippen LogP contribution in [0.1, 0.15) is 11.1 Å². The molecule has 0 bridgehead atoms. The number of carbonyl (C=O) groups excluding carboxylic acids is 2. The molecule has 8 heteroatoms. The van der Waals surface area contributed by atoms with Crippen LogP contribution in [0.25, 0.3) is 0 Å². The van der Waals surface area contributed by atoms with Gasteiger partial charge >= 0.3 is 6.03 Å². The number of imide groups is 1. The molecule has 1 saturated heterocycles. The fourth-order valence-electron chi connectivity index (χ4n) is 3.87. The largest absolute Gasteiger partial charge is 0.489 e. The Bertz CT molecular complexity index is 1140. The molecule has 3 aromatic carbocycles. The van der Waals surface area contributed by atoms with Crippen LogP contribution >= 0.6 is 23.2 Å². The minimum atomic E-state index is -1.27. The van der Waals surface area contributed by atoms with E-state index in [1.165, 1.54) is 6.07 Å². The summed E-state index contributed by atoms with van der Waals surface area (Å²) in [7, 11) is 0. The van der Waals surface area contributed by atoms with E-state index in [0.29, 0.717) is 21.4 Å². The Morgan fingerprint density at radius 1 is 0.970 bits per heavy atom. The maximum Gasteiger partial charge on any atom is 0.325 e. The Morgan fingerprint density at radius 3 is 2.33 bits per heavy atom. The first kappa shape index (κ1) is 23.1. The third-order valence-electron chi connectivity index (χ3n) is 5.47. The van der Waals surface area contributed by atoms with Gasteiger partial charge in [-0.25, -0.2) is 4.79 Å². The molecule has 3 aromatic rings. The SMILES string of the molecule is O=C1N[C@](Cc2ccccc2)(c2ccccc2)C(=O)N1C[C@@H](O)COc1cc(Cl)ccc1Cl. The first-order valence-electron chi connectivity index (χ1n) is 10.4. The van der Waals surface area contributed by atoms with Crippen molar-refractivity contribution < 1.29 is 19.4 Å². The lowest BCUT2D eigenvalue weighted by atomic mass is 9.83. The van der Waals surface area contributed by atoms with Gasteiger partial charge in [0.15, 0.2) is 5.54 Å². The molecule has 1 aliphatic rings. The van der Waals surface area contributed by atoms with Crippen LogP contribution in [-0.2, 0) is 16.8 Å². The summed E-state index contributed by atoms with van der Waals surface area (Å²) >= 11 is 12.0. The Balaban J connectivity index is 1.53. The Hall–Kier alpha value is -3.06. The van der Waals surface area contributed by atoms with E-state index in [0.717, 1.165) is 10.5 Å². The van der Waals surface area contributed by atoms with Crippen molar-refractivity contribution >= 4 is 35.1 Å². The van der Waals surface area contributed by atoms with Gasteiger partial charge < -0.3 is 15.2 Å². The fourth-order valence-corrected chi connectivity index (χ4v) is 4.21. The highest BCUT2D eigenvalue weighted by Gasteiger charge is 2.52. The first-order chi connectivity index (χ1) is 15.9. The van der Waals surface area contributed by atoms with Crippen molar-refractivity contribution in [3.05, 3.63) is 100 Å². The fraction of sp³-hybridized carbons (Fsp3) is 0.200. The highest BCUT2D eigenvalue weighted by atomic mass is 35.5. The van der Waals surface area contributed by atoms with Gasteiger partial charge in [0.05, 0.1) is 11.6 Å². The van der Waals surface area contributed by atoms with E-state index in [1.54, 1.807) is 12.1 Å². The predicted molar refractivity (Wildman–Crippen MR) is 126 cm³/mol. The number of rotatable bonds is 8. The number of ether oxygens (including phenoxy) is 1. The number of nitrogens with zero attached hydrogens (tertiary/aromatic N) is 1. The van der Waals surface area contributed by atoms with Crippen LogP contribution in [0.15, 0.2) is 78.9 Å². The molecule has 3 amide bonds. The summed E-state index contributed by atoms with van der Waals surface area (Å²) in [6.07, 6.45) is -0.845. The van der Waals surface area contributed by atoms with Crippen LogP contribution in [0.3, 0.4) is 0 Å². The van der Waals surface area contributed by atoms with E-state index in [9.17, 15) is 14.7 Å². The summed E-state index contributed by atoms with van der Waals surface area (Å²) in [6.45, 7) is -0.402. The summed E-state index contributed by atoms with van der Waals surface area (Å²) in [5, 5.41) is 14.2. The minimum Gasteiger partial charge on any atom is -0.489 e. The normalized spacial score (nSPS) is 18.8. The zero-order valence-corrected chi connectivity index (χ0v) is 19.1. The number of amides is 3. The van der Waals surface area contributed by atoms with Gasteiger partial charge in [-0.05, 0) is 23.3 Å².